The summed E-state index contributed by atoms with van der Waals surface area (Å²) in [5.41, 5.74) is -0.233. The van der Waals surface area contributed by atoms with Crippen LogP contribution in [0.15, 0.2) is 0 Å². The van der Waals surface area contributed by atoms with Crippen molar-refractivity contribution in [1.29, 1.82) is 0 Å². The molecule has 1 saturated carbocycles. The Balaban J connectivity index is 2.12. The molecule has 1 aliphatic heterocycles. The fraction of sp³-hybridized carbons (Fsp3) is 0.867. The maximum atomic E-state index is 12.6. The number of rotatable bonds is 4. The third-order valence-electron chi connectivity index (χ3n) is 4.22. The molecule has 2 rings (SSSR count). The van der Waals surface area contributed by atoms with E-state index in [4.69, 9.17) is 0 Å². The summed E-state index contributed by atoms with van der Waals surface area (Å²) in [4.78, 5) is 26.7. The van der Waals surface area contributed by atoms with Gasteiger partial charge in [-0.15, -0.1) is 0 Å². The van der Waals surface area contributed by atoms with Crippen LogP contribution >= 0.6 is 0 Å². The maximum Gasteiger partial charge on any atom is 0.246 e. The first-order valence-corrected chi connectivity index (χ1v) is 7.45. The highest BCUT2D eigenvalue weighted by atomic mass is 16.2. The first-order chi connectivity index (χ1) is 8.84. The number of piperazine rings is 1. The summed E-state index contributed by atoms with van der Waals surface area (Å²) >= 11 is 0. The van der Waals surface area contributed by atoms with Gasteiger partial charge in [0.1, 0.15) is 12.1 Å². The van der Waals surface area contributed by atoms with E-state index in [1.165, 1.54) is 12.8 Å². The highest BCUT2D eigenvalue weighted by molar-refractivity contribution is 5.97. The second kappa shape index (κ2) is 5.14. The van der Waals surface area contributed by atoms with Crippen molar-refractivity contribution < 1.29 is 9.59 Å². The van der Waals surface area contributed by atoms with Crippen LogP contribution in [0.3, 0.4) is 0 Å². The fourth-order valence-electron chi connectivity index (χ4n) is 2.75. The van der Waals surface area contributed by atoms with Crippen LogP contribution < -0.4 is 5.32 Å². The Bertz CT molecular complexity index is 369. The van der Waals surface area contributed by atoms with E-state index < -0.39 is 0 Å². The molecule has 0 bridgehead atoms. The molecule has 19 heavy (non-hydrogen) atoms. The summed E-state index contributed by atoms with van der Waals surface area (Å²) < 4.78 is 0. The molecule has 108 valence electrons. The zero-order valence-corrected chi connectivity index (χ0v) is 12.5. The Morgan fingerprint density at radius 1 is 1.26 bits per heavy atom. The standard InChI is InChI=1S/C15H26N2O2/c1-5-11-13(18)16-12(15(2,3)4)14(19)17(11)9-8-10-6-7-10/h10-12H,5-9H2,1-4H3,(H,16,18). The van der Waals surface area contributed by atoms with Gasteiger partial charge in [-0.05, 0) is 24.2 Å². The minimum absolute atomic E-state index is 0.0119. The van der Waals surface area contributed by atoms with Crippen LogP contribution in [0.25, 0.3) is 0 Å². The van der Waals surface area contributed by atoms with Gasteiger partial charge in [-0.1, -0.05) is 40.5 Å². The molecule has 0 aromatic carbocycles. The monoisotopic (exact) mass is 266 g/mol. The van der Waals surface area contributed by atoms with Crippen molar-refractivity contribution in [1.82, 2.24) is 10.2 Å². The first-order valence-electron chi connectivity index (χ1n) is 7.45. The van der Waals surface area contributed by atoms with Crippen LogP contribution in [0, 0.1) is 11.3 Å². The molecular formula is C15H26N2O2. The van der Waals surface area contributed by atoms with Crippen molar-refractivity contribution in [2.24, 2.45) is 11.3 Å². The molecule has 1 saturated heterocycles. The quantitative estimate of drug-likeness (QED) is 0.845. The number of hydrogen-bond donors (Lipinski definition) is 1. The summed E-state index contributed by atoms with van der Waals surface area (Å²) in [6.45, 7) is 8.71. The van der Waals surface area contributed by atoms with Crippen molar-refractivity contribution in [3.8, 4) is 0 Å². The smallest absolute Gasteiger partial charge is 0.246 e. The predicted molar refractivity (Wildman–Crippen MR) is 74.5 cm³/mol. The average molecular weight is 266 g/mol. The second-order valence-electron chi connectivity index (χ2n) is 7.00. The Morgan fingerprint density at radius 3 is 2.37 bits per heavy atom. The van der Waals surface area contributed by atoms with Gasteiger partial charge in [-0.25, -0.2) is 0 Å². The summed E-state index contributed by atoms with van der Waals surface area (Å²) in [5.74, 6) is 0.890. The van der Waals surface area contributed by atoms with Crippen LogP contribution in [-0.4, -0.2) is 35.3 Å². The molecule has 0 aromatic rings. The molecule has 1 heterocycles. The minimum atomic E-state index is -0.387. The van der Waals surface area contributed by atoms with Crippen molar-refractivity contribution in [2.75, 3.05) is 6.54 Å². The van der Waals surface area contributed by atoms with Gasteiger partial charge in [-0.3, -0.25) is 9.59 Å². The van der Waals surface area contributed by atoms with E-state index in [1.807, 2.05) is 32.6 Å². The molecule has 2 fully saturated rings. The Morgan fingerprint density at radius 2 is 1.89 bits per heavy atom. The third kappa shape index (κ3) is 3.10. The molecular weight excluding hydrogens is 240 g/mol. The van der Waals surface area contributed by atoms with E-state index in [2.05, 4.69) is 5.32 Å². The number of carbonyl (C=O) groups excluding carboxylic acids is 2. The number of nitrogens with one attached hydrogen (secondary N) is 1. The third-order valence-corrected chi connectivity index (χ3v) is 4.22. The minimum Gasteiger partial charge on any atom is -0.342 e. The average Bonchev–Trinajstić information content (AvgIpc) is 3.12. The lowest BCUT2D eigenvalue weighted by Crippen LogP contribution is -2.66. The van der Waals surface area contributed by atoms with Gasteiger partial charge < -0.3 is 10.2 Å². The number of carbonyl (C=O) groups is 2. The van der Waals surface area contributed by atoms with Crippen LogP contribution in [-0.2, 0) is 9.59 Å². The summed E-state index contributed by atoms with van der Waals surface area (Å²) in [6.07, 6.45) is 4.31. The van der Waals surface area contributed by atoms with E-state index in [-0.39, 0.29) is 29.3 Å². The van der Waals surface area contributed by atoms with Gasteiger partial charge in [0.15, 0.2) is 0 Å². The Kier molecular flexibility index (Phi) is 3.88. The van der Waals surface area contributed by atoms with E-state index in [0.717, 1.165) is 18.9 Å². The molecule has 0 aromatic heterocycles. The van der Waals surface area contributed by atoms with Crippen molar-refractivity contribution >= 4 is 11.8 Å². The molecule has 2 unspecified atom stereocenters. The van der Waals surface area contributed by atoms with Crippen molar-refractivity contribution in [3.05, 3.63) is 0 Å². The lowest BCUT2D eigenvalue weighted by atomic mass is 9.83. The molecule has 1 N–H and O–H groups in total. The van der Waals surface area contributed by atoms with Crippen molar-refractivity contribution in [3.63, 3.8) is 0 Å². The fourth-order valence-corrected chi connectivity index (χ4v) is 2.75. The van der Waals surface area contributed by atoms with Crippen molar-refractivity contribution in [2.45, 2.75) is 65.5 Å². The largest absolute Gasteiger partial charge is 0.342 e. The van der Waals surface area contributed by atoms with Gasteiger partial charge in [0, 0.05) is 6.54 Å². The zero-order valence-electron chi connectivity index (χ0n) is 12.5. The normalized spacial score (nSPS) is 28.5. The Hall–Kier alpha value is -1.06. The molecule has 0 spiro atoms. The number of nitrogens with zero attached hydrogens (tertiary/aromatic N) is 1. The highest BCUT2D eigenvalue weighted by Crippen LogP contribution is 2.33. The lowest BCUT2D eigenvalue weighted by molar-refractivity contribution is -0.152. The summed E-state index contributed by atoms with van der Waals surface area (Å²) in [6, 6.07) is -0.660. The van der Waals surface area contributed by atoms with Gasteiger partial charge in [0.25, 0.3) is 0 Å². The maximum absolute atomic E-state index is 12.6. The SMILES string of the molecule is CCC1C(=O)NC(C(C)(C)C)C(=O)N1CCC1CC1. The second-order valence-corrected chi connectivity index (χ2v) is 7.00. The first kappa shape index (κ1) is 14.4. The molecule has 0 radical (unpaired) electrons. The van der Waals surface area contributed by atoms with E-state index in [9.17, 15) is 9.59 Å². The van der Waals surface area contributed by atoms with Crippen LogP contribution in [0.4, 0.5) is 0 Å². The Labute approximate surface area is 115 Å². The number of amides is 2. The van der Waals surface area contributed by atoms with Crippen LogP contribution in [0.1, 0.15) is 53.4 Å². The number of hydrogen-bond acceptors (Lipinski definition) is 2. The molecule has 4 nitrogen and oxygen atoms in total. The topological polar surface area (TPSA) is 49.4 Å². The molecule has 2 aliphatic rings. The van der Waals surface area contributed by atoms with Crippen LogP contribution in [0.5, 0.6) is 0 Å². The predicted octanol–water partition coefficient (Wildman–Crippen LogP) is 1.94. The zero-order chi connectivity index (χ0) is 14.2. The molecule has 2 amide bonds. The van der Waals surface area contributed by atoms with Gasteiger partial charge in [-0.2, -0.15) is 0 Å². The van der Waals surface area contributed by atoms with E-state index in [0.29, 0.717) is 6.42 Å². The van der Waals surface area contributed by atoms with E-state index in [1.54, 1.807) is 0 Å². The van der Waals surface area contributed by atoms with Gasteiger partial charge in [0.05, 0.1) is 0 Å². The van der Waals surface area contributed by atoms with E-state index >= 15 is 0 Å². The highest BCUT2D eigenvalue weighted by Gasteiger charge is 2.44. The molecule has 4 heteroatoms. The molecule has 2 atom stereocenters. The van der Waals surface area contributed by atoms with Crippen LogP contribution in [0.2, 0.25) is 0 Å². The van der Waals surface area contributed by atoms with Gasteiger partial charge in [0.2, 0.25) is 11.8 Å². The molecule has 1 aliphatic carbocycles. The summed E-state index contributed by atoms with van der Waals surface area (Å²) in [5, 5.41) is 2.91. The lowest BCUT2D eigenvalue weighted by Gasteiger charge is -2.43. The van der Waals surface area contributed by atoms with Gasteiger partial charge >= 0.3 is 0 Å². The summed E-state index contributed by atoms with van der Waals surface area (Å²) in [7, 11) is 0.